The molecule has 0 bridgehead atoms. The van der Waals surface area contributed by atoms with Crippen LogP contribution in [0.25, 0.3) is 0 Å². The van der Waals surface area contributed by atoms with Crippen molar-refractivity contribution in [3.8, 4) is 0 Å². The van der Waals surface area contributed by atoms with Gasteiger partial charge in [-0.05, 0) is 23.7 Å². The Kier molecular flexibility index (Phi) is 2.70. The number of hydrogen-bond acceptors (Lipinski definition) is 3. The summed E-state index contributed by atoms with van der Waals surface area (Å²) in [4.78, 5) is 12.8. The number of anilines is 1. The van der Waals surface area contributed by atoms with Crippen LogP contribution in [0.1, 0.15) is 0 Å². The number of benzene rings is 1. The van der Waals surface area contributed by atoms with Crippen molar-refractivity contribution in [2.24, 2.45) is 0 Å². The maximum atomic E-state index is 10.8. The summed E-state index contributed by atoms with van der Waals surface area (Å²) >= 11 is 5.35. The predicted molar refractivity (Wildman–Crippen MR) is 54.4 cm³/mol. The molecule has 0 amide bonds. The molecule has 1 heterocycles. The second-order valence-electron chi connectivity index (χ2n) is 3.15. The summed E-state index contributed by atoms with van der Waals surface area (Å²) < 4.78 is 5.23. The van der Waals surface area contributed by atoms with Crippen molar-refractivity contribution in [3.05, 3.63) is 30.3 Å². The van der Waals surface area contributed by atoms with E-state index in [-0.39, 0.29) is 0 Å². The first-order chi connectivity index (χ1) is 6.77. The summed E-state index contributed by atoms with van der Waals surface area (Å²) in [5, 5.41) is -0.427. The third-order valence-corrected chi connectivity index (χ3v) is 2.44. The number of carbonyl (C=O) groups is 1. The molecule has 1 aromatic carbocycles. The molecule has 3 nitrogen and oxygen atoms in total. The van der Waals surface area contributed by atoms with Crippen LogP contribution in [0.15, 0.2) is 30.3 Å². The molecule has 1 aliphatic heterocycles. The van der Waals surface area contributed by atoms with Crippen molar-refractivity contribution < 1.29 is 9.53 Å². The van der Waals surface area contributed by atoms with Crippen molar-refractivity contribution in [2.75, 3.05) is 18.2 Å². The number of para-hydroxylation sites is 1. The van der Waals surface area contributed by atoms with Crippen molar-refractivity contribution >= 4 is 22.5 Å². The first-order valence-corrected chi connectivity index (χ1v) is 4.76. The Labute approximate surface area is 87.2 Å². The molecule has 0 saturated carbocycles. The van der Waals surface area contributed by atoms with E-state index in [1.54, 1.807) is 0 Å². The fourth-order valence-electron chi connectivity index (χ4n) is 1.44. The standard InChI is InChI=1S/C10H10ClNO2/c11-10(13)9-6-12(7-14-9)8-4-2-1-3-5-8/h1-5,9H,6-7H2/t9-/m0/s1. The molecule has 2 rings (SSSR count). The highest BCUT2D eigenvalue weighted by Crippen LogP contribution is 2.19. The summed E-state index contributed by atoms with van der Waals surface area (Å²) in [6.45, 7) is 0.958. The zero-order valence-electron chi connectivity index (χ0n) is 7.52. The minimum absolute atomic E-state index is 0.424. The van der Waals surface area contributed by atoms with Crippen LogP contribution < -0.4 is 4.90 Å². The van der Waals surface area contributed by atoms with Crippen LogP contribution in [0.4, 0.5) is 5.69 Å². The summed E-state index contributed by atoms with van der Waals surface area (Å²) in [5.74, 6) is 0. The van der Waals surface area contributed by atoms with Gasteiger partial charge < -0.3 is 9.64 Å². The molecule has 0 radical (unpaired) electrons. The number of carbonyl (C=O) groups excluding carboxylic acids is 1. The quantitative estimate of drug-likeness (QED) is 0.697. The monoisotopic (exact) mass is 211 g/mol. The average molecular weight is 212 g/mol. The lowest BCUT2D eigenvalue weighted by Crippen LogP contribution is -2.24. The lowest BCUT2D eigenvalue weighted by molar-refractivity contribution is -0.119. The van der Waals surface area contributed by atoms with E-state index in [4.69, 9.17) is 16.3 Å². The topological polar surface area (TPSA) is 29.5 Å². The number of hydrogen-bond donors (Lipinski definition) is 0. The van der Waals surface area contributed by atoms with Gasteiger partial charge in [0.05, 0.1) is 6.54 Å². The van der Waals surface area contributed by atoms with Gasteiger partial charge >= 0.3 is 0 Å². The molecule has 14 heavy (non-hydrogen) atoms. The number of nitrogens with zero attached hydrogens (tertiary/aromatic N) is 1. The van der Waals surface area contributed by atoms with Crippen LogP contribution >= 0.6 is 11.6 Å². The molecule has 4 heteroatoms. The molecule has 0 aromatic heterocycles. The molecule has 0 N–H and O–H groups in total. The second kappa shape index (κ2) is 3.98. The van der Waals surface area contributed by atoms with Crippen LogP contribution in [0.3, 0.4) is 0 Å². The summed E-state index contributed by atoms with van der Waals surface area (Å²) in [6.07, 6.45) is -0.489. The highest BCUT2D eigenvalue weighted by Gasteiger charge is 2.27. The lowest BCUT2D eigenvalue weighted by Gasteiger charge is -2.14. The van der Waals surface area contributed by atoms with Crippen LogP contribution in [-0.4, -0.2) is 24.6 Å². The van der Waals surface area contributed by atoms with Gasteiger partial charge in [-0.3, -0.25) is 4.79 Å². The molecular formula is C10H10ClNO2. The molecule has 1 aliphatic rings. The molecule has 1 atom stereocenters. The zero-order valence-corrected chi connectivity index (χ0v) is 8.28. The molecule has 0 unspecified atom stereocenters. The molecular weight excluding hydrogens is 202 g/mol. The fourth-order valence-corrected chi connectivity index (χ4v) is 1.57. The zero-order chi connectivity index (χ0) is 9.97. The minimum atomic E-state index is -0.489. The van der Waals surface area contributed by atoms with Gasteiger partial charge in [0.2, 0.25) is 0 Å². The van der Waals surface area contributed by atoms with E-state index in [0.717, 1.165) is 5.69 Å². The third kappa shape index (κ3) is 1.89. The summed E-state index contributed by atoms with van der Waals surface area (Å²) in [7, 11) is 0. The van der Waals surface area contributed by atoms with E-state index in [2.05, 4.69) is 0 Å². The van der Waals surface area contributed by atoms with Crippen molar-refractivity contribution in [1.82, 2.24) is 0 Å². The maximum Gasteiger partial charge on any atom is 0.252 e. The van der Waals surface area contributed by atoms with Gasteiger partial charge in [-0.25, -0.2) is 0 Å². The number of ether oxygens (including phenoxy) is 1. The van der Waals surface area contributed by atoms with Gasteiger partial charge in [-0.1, -0.05) is 18.2 Å². The Hall–Kier alpha value is -1.06. The summed E-state index contributed by atoms with van der Waals surface area (Å²) in [5.41, 5.74) is 1.05. The molecule has 0 aliphatic carbocycles. The largest absolute Gasteiger partial charge is 0.347 e. The Bertz CT molecular complexity index is 328. The van der Waals surface area contributed by atoms with E-state index in [0.29, 0.717) is 13.3 Å². The molecule has 1 aromatic rings. The first-order valence-electron chi connectivity index (χ1n) is 4.38. The average Bonchev–Trinajstić information content (AvgIpc) is 2.68. The van der Waals surface area contributed by atoms with Crippen molar-refractivity contribution in [3.63, 3.8) is 0 Å². The Morgan fingerprint density at radius 2 is 2.14 bits per heavy atom. The third-order valence-electron chi connectivity index (χ3n) is 2.19. The SMILES string of the molecule is O=C(Cl)[C@@H]1CN(c2ccccc2)CO1. The molecule has 0 spiro atoms. The highest BCUT2D eigenvalue weighted by molar-refractivity contribution is 6.64. The lowest BCUT2D eigenvalue weighted by atomic mass is 10.3. The summed E-state index contributed by atoms with van der Waals surface area (Å²) in [6, 6.07) is 9.80. The smallest absolute Gasteiger partial charge is 0.252 e. The van der Waals surface area contributed by atoms with E-state index < -0.39 is 11.3 Å². The minimum Gasteiger partial charge on any atom is -0.347 e. The number of halogens is 1. The maximum absolute atomic E-state index is 10.8. The van der Waals surface area contributed by atoms with Gasteiger partial charge in [0.1, 0.15) is 6.73 Å². The fraction of sp³-hybridized carbons (Fsp3) is 0.300. The van der Waals surface area contributed by atoms with Crippen LogP contribution in [0, 0.1) is 0 Å². The Balaban J connectivity index is 2.06. The first kappa shape index (κ1) is 9.49. The van der Waals surface area contributed by atoms with Gasteiger partial charge in [0.15, 0.2) is 6.10 Å². The molecule has 1 fully saturated rings. The van der Waals surface area contributed by atoms with Crippen molar-refractivity contribution in [2.45, 2.75) is 6.10 Å². The highest BCUT2D eigenvalue weighted by atomic mass is 35.5. The van der Waals surface area contributed by atoms with E-state index >= 15 is 0 Å². The van der Waals surface area contributed by atoms with E-state index in [9.17, 15) is 4.79 Å². The van der Waals surface area contributed by atoms with E-state index in [1.165, 1.54) is 0 Å². The van der Waals surface area contributed by atoms with Gasteiger partial charge in [0.25, 0.3) is 5.24 Å². The van der Waals surface area contributed by atoms with Gasteiger partial charge in [-0.2, -0.15) is 0 Å². The van der Waals surface area contributed by atoms with Crippen LogP contribution in [0.2, 0.25) is 0 Å². The molecule has 74 valence electrons. The Morgan fingerprint density at radius 3 is 2.71 bits per heavy atom. The second-order valence-corrected chi connectivity index (χ2v) is 3.52. The molecule has 1 saturated heterocycles. The Morgan fingerprint density at radius 1 is 1.43 bits per heavy atom. The van der Waals surface area contributed by atoms with Crippen molar-refractivity contribution in [1.29, 1.82) is 0 Å². The van der Waals surface area contributed by atoms with Crippen LogP contribution in [0.5, 0.6) is 0 Å². The van der Waals surface area contributed by atoms with Gasteiger partial charge in [0, 0.05) is 5.69 Å². The normalized spacial score (nSPS) is 21.2. The predicted octanol–water partition coefficient (Wildman–Crippen LogP) is 1.61. The van der Waals surface area contributed by atoms with Crippen LogP contribution in [-0.2, 0) is 9.53 Å². The van der Waals surface area contributed by atoms with Gasteiger partial charge in [-0.15, -0.1) is 0 Å². The van der Waals surface area contributed by atoms with E-state index in [1.807, 2.05) is 35.2 Å². The number of rotatable bonds is 2.